The predicted octanol–water partition coefficient (Wildman–Crippen LogP) is 2.23. The fourth-order valence-corrected chi connectivity index (χ4v) is 4.75. The topological polar surface area (TPSA) is 53.1 Å². The summed E-state index contributed by atoms with van der Waals surface area (Å²) in [5.41, 5.74) is 1.70. The van der Waals surface area contributed by atoms with Gasteiger partial charge < -0.3 is 4.74 Å². The average molecular weight is 363 g/mol. The number of nitrogens with zero attached hydrogens (tertiary/aromatic N) is 3. The normalized spacial score (nSPS) is 27.9. The second-order valence-electron chi connectivity index (χ2n) is 7.22. The van der Waals surface area contributed by atoms with Gasteiger partial charge in [0, 0.05) is 13.1 Å². The lowest BCUT2D eigenvalue weighted by molar-refractivity contribution is -0.126. The standard InChI is InChI=1S/C21H21N3O3/c1-27-16-10-8-14(9-11-16)18-17-19(23-13-5-12-22(18)23)21(26)24(20(17)25)15-6-3-2-4-7-15/h2-4,6-11,17-19H,5,12-13H2,1H3/t17-,18+,19+/m1/s1. The van der Waals surface area contributed by atoms with Crippen molar-refractivity contribution in [1.29, 1.82) is 0 Å². The first-order valence-corrected chi connectivity index (χ1v) is 9.31. The molecule has 3 saturated heterocycles. The summed E-state index contributed by atoms with van der Waals surface area (Å²) in [5, 5.41) is 4.33. The molecule has 2 aromatic rings. The molecule has 0 N–H and O–H groups in total. The highest BCUT2D eigenvalue weighted by atomic mass is 16.5. The summed E-state index contributed by atoms with van der Waals surface area (Å²) in [5.74, 6) is 0.184. The van der Waals surface area contributed by atoms with Crippen molar-refractivity contribution in [2.24, 2.45) is 5.92 Å². The Morgan fingerprint density at radius 1 is 0.852 bits per heavy atom. The number of ether oxygens (including phenoxy) is 1. The van der Waals surface area contributed by atoms with Gasteiger partial charge in [0.15, 0.2) is 0 Å². The van der Waals surface area contributed by atoms with E-state index < -0.39 is 6.04 Å². The van der Waals surface area contributed by atoms with Crippen molar-refractivity contribution in [2.45, 2.75) is 18.5 Å². The third-order valence-electron chi connectivity index (χ3n) is 5.88. The Morgan fingerprint density at radius 2 is 1.52 bits per heavy atom. The minimum atomic E-state index is -0.410. The van der Waals surface area contributed by atoms with E-state index in [0.717, 1.165) is 30.8 Å². The maximum absolute atomic E-state index is 13.4. The number of benzene rings is 2. The Kier molecular flexibility index (Phi) is 3.77. The Balaban J connectivity index is 1.57. The van der Waals surface area contributed by atoms with Crippen molar-refractivity contribution in [3.05, 3.63) is 60.2 Å². The second kappa shape index (κ2) is 6.18. The molecule has 0 spiro atoms. The van der Waals surface area contributed by atoms with Gasteiger partial charge in [0.25, 0.3) is 5.91 Å². The quantitative estimate of drug-likeness (QED) is 0.783. The summed E-state index contributed by atoms with van der Waals surface area (Å²) in [6, 6.07) is 16.6. The Bertz CT molecular complexity index is 883. The first-order valence-electron chi connectivity index (χ1n) is 9.31. The number of para-hydroxylation sites is 1. The number of hydrogen-bond acceptors (Lipinski definition) is 5. The van der Waals surface area contributed by atoms with Crippen LogP contribution in [0.1, 0.15) is 18.0 Å². The molecule has 5 rings (SSSR count). The molecule has 3 aliphatic heterocycles. The molecule has 138 valence electrons. The first kappa shape index (κ1) is 16.5. The van der Waals surface area contributed by atoms with Gasteiger partial charge in [-0.1, -0.05) is 30.3 Å². The molecule has 0 aliphatic carbocycles. The van der Waals surface area contributed by atoms with Crippen LogP contribution in [0.25, 0.3) is 0 Å². The number of amides is 2. The molecule has 0 radical (unpaired) electrons. The summed E-state index contributed by atoms with van der Waals surface area (Å²) < 4.78 is 5.26. The van der Waals surface area contributed by atoms with Crippen molar-refractivity contribution in [3.63, 3.8) is 0 Å². The number of carbonyl (C=O) groups is 2. The third-order valence-corrected chi connectivity index (χ3v) is 5.88. The average Bonchev–Trinajstić information content (AvgIpc) is 3.35. The molecule has 0 bridgehead atoms. The molecule has 2 aromatic carbocycles. The lowest BCUT2D eigenvalue weighted by atomic mass is 9.90. The molecule has 3 fully saturated rings. The first-order chi connectivity index (χ1) is 13.2. The molecule has 0 unspecified atom stereocenters. The van der Waals surface area contributed by atoms with Gasteiger partial charge in [-0.3, -0.25) is 9.59 Å². The van der Waals surface area contributed by atoms with E-state index in [2.05, 4.69) is 10.0 Å². The van der Waals surface area contributed by atoms with E-state index in [1.54, 1.807) is 7.11 Å². The van der Waals surface area contributed by atoms with Crippen LogP contribution in [0.5, 0.6) is 5.75 Å². The van der Waals surface area contributed by atoms with Crippen molar-refractivity contribution in [3.8, 4) is 5.75 Å². The molecular weight excluding hydrogens is 342 g/mol. The van der Waals surface area contributed by atoms with Crippen LogP contribution in [0.2, 0.25) is 0 Å². The molecule has 3 heterocycles. The van der Waals surface area contributed by atoms with Gasteiger partial charge in [-0.15, -0.1) is 0 Å². The van der Waals surface area contributed by atoms with Crippen LogP contribution in [0.3, 0.4) is 0 Å². The molecule has 27 heavy (non-hydrogen) atoms. The summed E-state index contributed by atoms with van der Waals surface area (Å²) in [7, 11) is 1.64. The van der Waals surface area contributed by atoms with Crippen LogP contribution in [0, 0.1) is 5.92 Å². The molecule has 0 saturated carbocycles. The van der Waals surface area contributed by atoms with Gasteiger partial charge in [-0.05, 0) is 36.2 Å². The molecule has 6 nitrogen and oxygen atoms in total. The highest BCUT2D eigenvalue weighted by Crippen LogP contribution is 2.48. The minimum Gasteiger partial charge on any atom is -0.497 e. The monoisotopic (exact) mass is 363 g/mol. The lowest BCUT2D eigenvalue weighted by Crippen LogP contribution is -2.44. The number of fused-ring (bicyclic) bond motifs is 3. The number of rotatable bonds is 3. The summed E-state index contributed by atoms with van der Waals surface area (Å²) in [6.45, 7) is 1.69. The van der Waals surface area contributed by atoms with E-state index in [1.807, 2.05) is 54.6 Å². The number of methoxy groups -OCH3 is 1. The van der Waals surface area contributed by atoms with Crippen molar-refractivity contribution >= 4 is 17.5 Å². The molecule has 2 amide bonds. The zero-order chi connectivity index (χ0) is 18.5. The second-order valence-corrected chi connectivity index (χ2v) is 7.22. The number of carbonyl (C=O) groups excluding carboxylic acids is 2. The lowest BCUT2D eigenvalue weighted by Gasteiger charge is -2.29. The Hall–Kier alpha value is -2.70. The van der Waals surface area contributed by atoms with Gasteiger partial charge in [-0.2, -0.15) is 0 Å². The highest BCUT2D eigenvalue weighted by molar-refractivity contribution is 6.24. The van der Waals surface area contributed by atoms with Gasteiger partial charge in [0.2, 0.25) is 5.91 Å². The number of hydrogen-bond donors (Lipinski definition) is 0. The molecule has 3 atom stereocenters. The SMILES string of the molecule is COc1ccc([C@H]2[C@H]3C(=O)N(c4ccccc4)C(=O)[C@H]3N3CCCN23)cc1. The zero-order valence-corrected chi connectivity index (χ0v) is 15.1. The van der Waals surface area contributed by atoms with Gasteiger partial charge in [-0.25, -0.2) is 14.9 Å². The summed E-state index contributed by atoms with van der Waals surface area (Å²) >= 11 is 0. The Labute approximate surface area is 157 Å². The van der Waals surface area contributed by atoms with Gasteiger partial charge >= 0.3 is 0 Å². The maximum Gasteiger partial charge on any atom is 0.253 e. The van der Waals surface area contributed by atoms with E-state index >= 15 is 0 Å². The van der Waals surface area contributed by atoms with Crippen molar-refractivity contribution in [2.75, 3.05) is 25.1 Å². The highest BCUT2D eigenvalue weighted by Gasteiger charge is 2.62. The number of hydrazine groups is 1. The summed E-state index contributed by atoms with van der Waals surface area (Å²) in [4.78, 5) is 28.0. The number of anilines is 1. The van der Waals surface area contributed by atoms with Crippen molar-refractivity contribution in [1.82, 2.24) is 10.0 Å². The third kappa shape index (κ3) is 2.33. The van der Waals surface area contributed by atoms with Crippen LogP contribution in [0.4, 0.5) is 5.69 Å². The Morgan fingerprint density at radius 3 is 2.19 bits per heavy atom. The largest absolute Gasteiger partial charge is 0.497 e. The summed E-state index contributed by atoms with van der Waals surface area (Å²) in [6.07, 6.45) is 1.00. The van der Waals surface area contributed by atoms with E-state index in [0.29, 0.717) is 5.69 Å². The van der Waals surface area contributed by atoms with Crippen LogP contribution < -0.4 is 9.64 Å². The fourth-order valence-electron chi connectivity index (χ4n) is 4.75. The van der Waals surface area contributed by atoms with Crippen LogP contribution in [0.15, 0.2) is 54.6 Å². The maximum atomic E-state index is 13.4. The number of imide groups is 1. The molecular formula is C21H21N3O3. The van der Waals surface area contributed by atoms with Gasteiger partial charge in [0.1, 0.15) is 11.8 Å². The molecule has 0 aromatic heterocycles. The zero-order valence-electron chi connectivity index (χ0n) is 15.1. The molecule has 6 heteroatoms. The van der Waals surface area contributed by atoms with E-state index in [4.69, 9.17) is 4.74 Å². The smallest absolute Gasteiger partial charge is 0.253 e. The molecule has 3 aliphatic rings. The van der Waals surface area contributed by atoms with Crippen molar-refractivity contribution < 1.29 is 14.3 Å². The predicted molar refractivity (Wildman–Crippen MR) is 100.0 cm³/mol. The van der Waals surface area contributed by atoms with Crippen LogP contribution >= 0.6 is 0 Å². The van der Waals surface area contributed by atoms with E-state index in [1.165, 1.54) is 4.90 Å². The van der Waals surface area contributed by atoms with Gasteiger partial charge in [0.05, 0.1) is 24.8 Å². The minimum absolute atomic E-state index is 0.105. The van der Waals surface area contributed by atoms with E-state index in [9.17, 15) is 9.59 Å². The van der Waals surface area contributed by atoms with Crippen LogP contribution in [-0.2, 0) is 9.59 Å². The van der Waals surface area contributed by atoms with E-state index in [-0.39, 0.29) is 23.8 Å². The van der Waals surface area contributed by atoms with Crippen LogP contribution in [-0.4, -0.2) is 48.1 Å². The fraction of sp³-hybridized carbons (Fsp3) is 0.333.